The lowest BCUT2D eigenvalue weighted by molar-refractivity contribution is 0.0316. The van der Waals surface area contributed by atoms with Crippen LogP contribution in [-0.2, 0) is 8.85 Å². The lowest BCUT2D eigenvalue weighted by atomic mass is 9.93. The largest absolute Gasteiger partial charge is 0.412 e. The van der Waals surface area contributed by atoms with Crippen LogP contribution in [0.15, 0.2) is 0 Å². The fourth-order valence-corrected chi connectivity index (χ4v) is 5.43. The van der Waals surface area contributed by atoms with Crippen molar-refractivity contribution in [2.45, 2.75) is 85.1 Å². The molecule has 1 aliphatic rings. The molecular weight excluding hydrogens is 280 g/mol. The Kier molecular flexibility index (Phi) is 6.10. The maximum atomic E-state index is 6.64. The highest BCUT2D eigenvalue weighted by molar-refractivity contribution is 6.71. The average molecular weight is 317 g/mol. The Morgan fingerprint density at radius 1 is 0.650 bits per heavy atom. The van der Waals surface area contributed by atoms with E-state index in [0.717, 1.165) is 0 Å². The van der Waals surface area contributed by atoms with Gasteiger partial charge in [0.05, 0.1) is 12.2 Å². The highest BCUT2D eigenvalue weighted by Gasteiger charge is 2.48. The van der Waals surface area contributed by atoms with E-state index in [2.05, 4.69) is 60.8 Å². The smallest absolute Gasteiger partial charge is 0.187 e. The van der Waals surface area contributed by atoms with Crippen LogP contribution in [0, 0.1) is 17.8 Å². The highest BCUT2D eigenvalue weighted by Crippen LogP contribution is 2.43. The maximum absolute atomic E-state index is 6.64. The molecule has 1 rings (SSSR count). The Bertz CT molecular complexity index is 288. The van der Waals surface area contributed by atoms with Gasteiger partial charge in [-0.2, -0.15) is 0 Å². The first-order valence-electron chi connectivity index (χ1n) is 8.40. The van der Waals surface area contributed by atoms with Crippen LogP contribution in [0.5, 0.6) is 0 Å². The second-order valence-electron chi connectivity index (χ2n) is 7.97. The van der Waals surface area contributed by atoms with Crippen LogP contribution >= 0.6 is 0 Å². The molecule has 1 aliphatic carbocycles. The molecule has 1 fully saturated rings. The molecule has 0 amide bonds. The second-order valence-corrected chi connectivity index (χ2v) is 16.9. The van der Waals surface area contributed by atoms with Gasteiger partial charge in [-0.1, -0.05) is 34.6 Å². The zero-order valence-electron chi connectivity index (χ0n) is 15.1. The molecule has 0 radical (unpaired) electrons. The van der Waals surface area contributed by atoms with E-state index in [1.807, 2.05) is 0 Å². The summed E-state index contributed by atoms with van der Waals surface area (Å²) in [4.78, 5) is 0. The molecule has 0 heterocycles. The van der Waals surface area contributed by atoms with Crippen molar-refractivity contribution in [3.05, 3.63) is 0 Å². The molecule has 0 aromatic carbocycles. The van der Waals surface area contributed by atoms with Gasteiger partial charge in [-0.25, -0.2) is 0 Å². The summed E-state index contributed by atoms with van der Waals surface area (Å²) >= 11 is 0. The third-order valence-corrected chi connectivity index (χ3v) is 10.9. The molecule has 4 heteroatoms. The molecule has 4 unspecified atom stereocenters. The molecule has 0 spiro atoms. The Labute approximate surface area is 128 Å². The molecule has 0 saturated heterocycles. The summed E-state index contributed by atoms with van der Waals surface area (Å²) in [5.74, 6) is 1.90. The van der Waals surface area contributed by atoms with E-state index in [1.54, 1.807) is 0 Å². The van der Waals surface area contributed by atoms with Gasteiger partial charge in [-0.15, -0.1) is 0 Å². The monoisotopic (exact) mass is 316 g/mol. The number of hydrogen-bond acceptors (Lipinski definition) is 2. The van der Waals surface area contributed by atoms with Gasteiger partial charge >= 0.3 is 0 Å². The van der Waals surface area contributed by atoms with Crippen LogP contribution in [0.25, 0.3) is 0 Å². The van der Waals surface area contributed by atoms with Crippen LogP contribution in [0.3, 0.4) is 0 Å². The van der Waals surface area contributed by atoms with Crippen molar-refractivity contribution in [3.8, 4) is 0 Å². The van der Waals surface area contributed by atoms with Crippen LogP contribution in [0.4, 0.5) is 0 Å². The second kappa shape index (κ2) is 6.63. The molecule has 20 heavy (non-hydrogen) atoms. The zero-order chi connectivity index (χ0) is 15.7. The molecule has 2 nitrogen and oxygen atoms in total. The summed E-state index contributed by atoms with van der Waals surface area (Å²) in [6, 6.07) is 2.36. The van der Waals surface area contributed by atoms with Crippen molar-refractivity contribution < 1.29 is 8.85 Å². The van der Waals surface area contributed by atoms with Gasteiger partial charge in [0.15, 0.2) is 16.6 Å². The molecule has 0 N–H and O–H groups in total. The quantitative estimate of drug-likeness (QED) is 0.633. The topological polar surface area (TPSA) is 18.5 Å². The fourth-order valence-electron chi connectivity index (χ4n) is 2.93. The van der Waals surface area contributed by atoms with Crippen LogP contribution in [-0.4, -0.2) is 28.8 Å². The van der Waals surface area contributed by atoms with E-state index >= 15 is 0 Å². The van der Waals surface area contributed by atoms with Crippen molar-refractivity contribution in [1.82, 2.24) is 0 Å². The number of hydrogen-bond donors (Lipinski definition) is 0. The van der Waals surface area contributed by atoms with Gasteiger partial charge in [0, 0.05) is 0 Å². The van der Waals surface area contributed by atoms with Crippen molar-refractivity contribution in [1.29, 1.82) is 0 Å². The van der Waals surface area contributed by atoms with E-state index < -0.39 is 16.6 Å². The van der Waals surface area contributed by atoms with Gasteiger partial charge in [0.1, 0.15) is 0 Å². The summed E-state index contributed by atoms with van der Waals surface area (Å²) in [5.41, 5.74) is 0. The van der Waals surface area contributed by atoms with Crippen molar-refractivity contribution >= 4 is 16.6 Å². The first kappa shape index (κ1) is 18.4. The van der Waals surface area contributed by atoms with E-state index in [0.29, 0.717) is 30.0 Å². The van der Waals surface area contributed by atoms with Crippen LogP contribution in [0.2, 0.25) is 38.3 Å². The van der Waals surface area contributed by atoms with Crippen molar-refractivity contribution in [2.75, 3.05) is 0 Å². The third kappa shape index (κ3) is 4.18. The van der Waals surface area contributed by atoms with Gasteiger partial charge < -0.3 is 8.85 Å². The lowest BCUT2D eigenvalue weighted by Gasteiger charge is -2.36. The highest BCUT2D eigenvalue weighted by atomic mass is 28.4. The molecule has 4 atom stereocenters. The third-order valence-electron chi connectivity index (χ3n) is 5.63. The zero-order valence-corrected chi connectivity index (χ0v) is 17.1. The van der Waals surface area contributed by atoms with E-state index in [-0.39, 0.29) is 0 Å². The van der Waals surface area contributed by atoms with E-state index in [4.69, 9.17) is 8.85 Å². The molecule has 1 saturated carbocycles. The summed E-state index contributed by atoms with van der Waals surface area (Å²) in [5, 5.41) is 0. The molecule has 0 aliphatic heterocycles. The SMILES string of the molecule is CC[Si](C)(C)OC1C(C)C(C)C(C)C1O[Si](C)(C)CC. The summed E-state index contributed by atoms with van der Waals surface area (Å²) in [6.45, 7) is 21.0. The minimum atomic E-state index is -1.54. The minimum absolute atomic E-state index is 0.306. The molecule has 0 aromatic heterocycles. The predicted octanol–water partition coefficient (Wildman–Crippen LogP) is 5.13. The van der Waals surface area contributed by atoms with Crippen molar-refractivity contribution in [2.24, 2.45) is 17.8 Å². The van der Waals surface area contributed by atoms with Gasteiger partial charge in [0.2, 0.25) is 0 Å². The summed E-state index contributed by atoms with van der Waals surface area (Å²) < 4.78 is 13.3. The van der Waals surface area contributed by atoms with Crippen LogP contribution in [0.1, 0.15) is 34.6 Å². The Balaban J connectivity index is 2.92. The maximum Gasteiger partial charge on any atom is 0.187 e. The summed E-state index contributed by atoms with van der Waals surface area (Å²) in [6.07, 6.45) is 0.611. The lowest BCUT2D eigenvalue weighted by Crippen LogP contribution is -2.46. The summed E-state index contributed by atoms with van der Waals surface area (Å²) in [7, 11) is -3.07. The first-order chi connectivity index (χ1) is 9.04. The first-order valence-corrected chi connectivity index (χ1v) is 14.6. The van der Waals surface area contributed by atoms with Gasteiger partial charge in [-0.05, 0) is 56.0 Å². The minimum Gasteiger partial charge on any atom is -0.412 e. The normalized spacial score (nSPS) is 35.5. The molecular formula is C16H36O2Si2. The Morgan fingerprint density at radius 3 is 1.20 bits per heavy atom. The van der Waals surface area contributed by atoms with Crippen LogP contribution < -0.4 is 0 Å². The molecule has 120 valence electrons. The Hall–Kier alpha value is 0.354. The number of rotatable bonds is 6. The van der Waals surface area contributed by atoms with Gasteiger partial charge in [0.25, 0.3) is 0 Å². The van der Waals surface area contributed by atoms with Gasteiger partial charge in [-0.3, -0.25) is 0 Å². The standard InChI is InChI=1S/C16H36O2Si2/c1-10-19(6,7)17-15-13(4)12(3)14(5)16(15)18-20(8,9)11-2/h12-16H,10-11H2,1-9H3. The van der Waals surface area contributed by atoms with E-state index in [1.165, 1.54) is 12.1 Å². The van der Waals surface area contributed by atoms with Crippen molar-refractivity contribution in [3.63, 3.8) is 0 Å². The van der Waals surface area contributed by atoms with E-state index in [9.17, 15) is 0 Å². The molecule has 0 aromatic rings. The fraction of sp³-hybridized carbons (Fsp3) is 1.00. The molecule has 0 bridgehead atoms. The predicted molar refractivity (Wildman–Crippen MR) is 93.2 cm³/mol. The Morgan fingerprint density at radius 2 is 0.950 bits per heavy atom. The average Bonchev–Trinajstić information content (AvgIpc) is 2.56.